The number of rotatable bonds is 5. The number of nitrogens with zero attached hydrogens (tertiary/aromatic N) is 1. The number of hydrogen-bond donors (Lipinski definition) is 1. The van der Waals surface area contributed by atoms with Crippen LogP contribution in [0.15, 0.2) is 16.9 Å². The Morgan fingerprint density at radius 2 is 1.83 bits per heavy atom. The van der Waals surface area contributed by atoms with Crippen LogP contribution in [0.3, 0.4) is 0 Å². The summed E-state index contributed by atoms with van der Waals surface area (Å²) in [5.41, 5.74) is 1.48. The van der Waals surface area contributed by atoms with Crippen LogP contribution in [0.5, 0.6) is 0 Å². The van der Waals surface area contributed by atoms with Crippen molar-refractivity contribution in [2.24, 2.45) is 11.8 Å². The van der Waals surface area contributed by atoms with E-state index in [1.54, 1.807) is 0 Å². The molecule has 0 bridgehead atoms. The molecule has 0 aliphatic heterocycles. The van der Waals surface area contributed by atoms with Crippen molar-refractivity contribution in [3.05, 3.63) is 33.7 Å². The van der Waals surface area contributed by atoms with Crippen molar-refractivity contribution in [2.45, 2.75) is 46.1 Å². The van der Waals surface area contributed by atoms with Crippen molar-refractivity contribution in [3.63, 3.8) is 0 Å². The minimum Gasteiger partial charge on any atom is -0.469 e. The Kier molecular flexibility index (Phi) is 6.17. The smallest absolute Gasteiger partial charge is 0.309 e. The summed E-state index contributed by atoms with van der Waals surface area (Å²) in [6.45, 7) is 4.29. The zero-order valence-corrected chi connectivity index (χ0v) is 14.6. The van der Waals surface area contributed by atoms with Crippen LogP contribution < -0.4 is 10.7 Å². The normalized spacial score (nSPS) is 20.5. The molecule has 1 saturated carbocycles. The van der Waals surface area contributed by atoms with Crippen molar-refractivity contribution < 1.29 is 14.3 Å². The third-order valence-electron chi connectivity index (χ3n) is 4.83. The summed E-state index contributed by atoms with van der Waals surface area (Å²) >= 11 is 0. The molecule has 1 heterocycles. The number of aromatic nitrogens is 1. The summed E-state index contributed by atoms with van der Waals surface area (Å²) in [6.07, 6.45) is 3.85. The molecule has 1 aliphatic rings. The lowest BCUT2D eigenvalue weighted by atomic mass is 9.79. The van der Waals surface area contributed by atoms with Gasteiger partial charge in [-0.1, -0.05) is 12.8 Å². The molecule has 1 aromatic rings. The number of nitrogens with one attached hydrogen (secondary N) is 1. The number of aryl methyl sites for hydroxylation is 2. The standard InChI is InChI=1S/C18H26N2O4/c1-12-8-15(21)9-13(2)20(12)11-17(22)19-10-14-6-4-5-7-16(14)18(23)24-3/h8-9,14,16H,4-7,10-11H2,1-3H3,(H,19,22). The highest BCUT2D eigenvalue weighted by Gasteiger charge is 2.31. The molecule has 24 heavy (non-hydrogen) atoms. The minimum absolute atomic E-state index is 0.0511. The summed E-state index contributed by atoms with van der Waals surface area (Å²) in [7, 11) is 1.41. The minimum atomic E-state index is -0.180. The molecule has 2 atom stereocenters. The highest BCUT2D eigenvalue weighted by molar-refractivity contribution is 5.76. The van der Waals surface area contributed by atoms with E-state index < -0.39 is 0 Å². The van der Waals surface area contributed by atoms with Crippen molar-refractivity contribution in [1.82, 2.24) is 9.88 Å². The van der Waals surface area contributed by atoms with E-state index in [1.165, 1.54) is 19.2 Å². The predicted octanol–water partition coefficient (Wildman–Crippen LogP) is 1.56. The van der Waals surface area contributed by atoms with Crippen LogP contribution >= 0.6 is 0 Å². The lowest BCUT2D eigenvalue weighted by molar-refractivity contribution is -0.148. The Labute approximate surface area is 142 Å². The molecule has 0 radical (unpaired) electrons. The Balaban J connectivity index is 1.95. The lowest BCUT2D eigenvalue weighted by Crippen LogP contribution is -2.39. The fraction of sp³-hybridized carbons (Fsp3) is 0.611. The van der Waals surface area contributed by atoms with Gasteiger partial charge < -0.3 is 14.6 Å². The van der Waals surface area contributed by atoms with Crippen molar-refractivity contribution in [1.29, 1.82) is 0 Å². The summed E-state index contributed by atoms with van der Waals surface area (Å²) < 4.78 is 6.69. The van der Waals surface area contributed by atoms with Crippen LogP contribution in [0.1, 0.15) is 37.1 Å². The molecule has 6 heteroatoms. The van der Waals surface area contributed by atoms with Gasteiger partial charge in [0, 0.05) is 30.1 Å². The molecule has 0 saturated heterocycles. The second kappa shape index (κ2) is 8.13. The SMILES string of the molecule is COC(=O)C1CCCCC1CNC(=O)Cn1c(C)cc(=O)cc1C. The van der Waals surface area contributed by atoms with Crippen molar-refractivity contribution in [2.75, 3.05) is 13.7 Å². The number of esters is 1. The van der Waals surface area contributed by atoms with Gasteiger partial charge >= 0.3 is 5.97 Å². The monoisotopic (exact) mass is 334 g/mol. The van der Waals surface area contributed by atoms with E-state index in [4.69, 9.17) is 4.74 Å². The predicted molar refractivity (Wildman–Crippen MR) is 90.6 cm³/mol. The Morgan fingerprint density at radius 3 is 2.46 bits per heavy atom. The number of carbonyl (C=O) groups is 2. The number of methoxy groups -OCH3 is 1. The highest BCUT2D eigenvalue weighted by Crippen LogP contribution is 2.30. The first kappa shape index (κ1) is 18.2. The molecule has 2 unspecified atom stereocenters. The number of pyridine rings is 1. The third kappa shape index (κ3) is 4.46. The van der Waals surface area contributed by atoms with Crippen molar-refractivity contribution >= 4 is 11.9 Å². The zero-order valence-electron chi connectivity index (χ0n) is 14.6. The van der Waals surface area contributed by atoms with E-state index >= 15 is 0 Å². The van der Waals surface area contributed by atoms with E-state index in [0.29, 0.717) is 6.54 Å². The average molecular weight is 334 g/mol. The van der Waals surface area contributed by atoms with Crippen LogP contribution in [0.4, 0.5) is 0 Å². The summed E-state index contributed by atoms with van der Waals surface area (Å²) in [6, 6.07) is 3.05. The first-order chi connectivity index (χ1) is 11.4. The fourth-order valence-electron chi connectivity index (χ4n) is 3.49. The molecule has 132 valence electrons. The quantitative estimate of drug-likeness (QED) is 0.829. The maximum absolute atomic E-state index is 12.3. The van der Waals surface area contributed by atoms with Gasteiger partial charge in [-0.3, -0.25) is 14.4 Å². The van der Waals surface area contributed by atoms with Crippen LogP contribution in [0.2, 0.25) is 0 Å². The Bertz CT molecular complexity index is 639. The van der Waals surface area contributed by atoms with Crippen molar-refractivity contribution in [3.8, 4) is 0 Å². The number of hydrogen-bond acceptors (Lipinski definition) is 4. The van der Waals surface area contributed by atoms with E-state index in [1.807, 2.05) is 18.4 Å². The third-order valence-corrected chi connectivity index (χ3v) is 4.83. The fourth-order valence-corrected chi connectivity index (χ4v) is 3.49. The van der Waals surface area contributed by atoms with Crippen LogP contribution in [0.25, 0.3) is 0 Å². The van der Waals surface area contributed by atoms with Gasteiger partial charge in [0.15, 0.2) is 5.43 Å². The van der Waals surface area contributed by atoms with Crippen LogP contribution in [0, 0.1) is 25.7 Å². The molecule has 1 amide bonds. The Morgan fingerprint density at radius 1 is 1.21 bits per heavy atom. The number of amides is 1. The number of carbonyl (C=O) groups excluding carboxylic acids is 2. The van der Waals surface area contributed by atoms with Gasteiger partial charge in [-0.05, 0) is 32.6 Å². The highest BCUT2D eigenvalue weighted by atomic mass is 16.5. The van der Waals surface area contributed by atoms with E-state index in [0.717, 1.165) is 37.1 Å². The van der Waals surface area contributed by atoms with Crippen LogP contribution in [-0.2, 0) is 20.9 Å². The number of ether oxygens (including phenoxy) is 1. The largest absolute Gasteiger partial charge is 0.469 e. The molecular formula is C18H26N2O4. The summed E-state index contributed by atoms with van der Waals surface area (Å²) in [4.78, 5) is 35.6. The van der Waals surface area contributed by atoms with E-state index in [2.05, 4.69) is 5.32 Å². The zero-order chi connectivity index (χ0) is 17.7. The summed E-state index contributed by atoms with van der Waals surface area (Å²) in [5.74, 6) is -0.286. The Hall–Kier alpha value is -2.11. The topological polar surface area (TPSA) is 77.4 Å². The van der Waals surface area contributed by atoms with Gasteiger partial charge in [-0.15, -0.1) is 0 Å². The van der Waals surface area contributed by atoms with E-state index in [9.17, 15) is 14.4 Å². The molecular weight excluding hydrogens is 308 g/mol. The molecule has 1 aromatic heterocycles. The molecule has 1 N–H and O–H groups in total. The lowest BCUT2D eigenvalue weighted by Gasteiger charge is -2.29. The van der Waals surface area contributed by atoms with Gasteiger partial charge in [-0.25, -0.2) is 0 Å². The maximum atomic E-state index is 12.3. The second-order valence-electron chi connectivity index (χ2n) is 6.54. The molecule has 1 aliphatic carbocycles. The molecule has 0 aromatic carbocycles. The average Bonchev–Trinajstić information content (AvgIpc) is 2.55. The molecule has 1 fully saturated rings. The molecule has 2 rings (SSSR count). The molecule has 0 spiro atoms. The maximum Gasteiger partial charge on any atom is 0.309 e. The first-order valence-electron chi connectivity index (χ1n) is 8.45. The van der Waals surface area contributed by atoms with E-state index in [-0.39, 0.29) is 35.7 Å². The summed E-state index contributed by atoms with van der Waals surface area (Å²) in [5, 5.41) is 2.93. The van der Waals surface area contributed by atoms with Gasteiger partial charge in [0.25, 0.3) is 0 Å². The first-order valence-corrected chi connectivity index (χ1v) is 8.45. The van der Waals surface area contributed by atoms with Gasteiger partial charge in [-0.2, -0.15) is 0 Å². The van der Waals surface area contributed by atoms with Crippen LogP contribution in [-0.4, -0.2) is 30.1 Å². The van der Waals surface area contributed by atoms with Gasteiger partial charge in [0.1, 0.15) is 6.54 Å². The second-order valence-corrected chi connectivity index (χ2v) is 6.54. The van der Waals surface area contributed by atoms with Gasteiger partial charge in [0.2, 0.25) is 5.91 Å². The molecule has 6 nitrogen and oxygen atoms in total. The van der Waals surface area contributed by atoms with Gasteiger partial charge in [0.05, 0.1) is 13.0 Å².